The summed E-state index contributed by atoms with van der Waals surface area (Å²) in [5.41, 5.74) is 0. The van der Waals surface area contributed by atoms with Gasteiger partial charge in [-0.15, -0.1) is 0 Å². The van der Waals surface area contributed by atoms with Gasteiger partial charge in [0.05, 0.1) is 0 Å². The molecule has 1 saturated carbocycles. The Bertz CT molecular complexity index is 337. The number of aromatic nitrogens is 1. The van der Waals surface area contributed by atoms with Gasteiger partial charge in [-0.25, -0.2) is 9.37 Å². The van der Waals surface area contributed by atoms with Crippen molar-refractivity contribution in [2.24, 2.45) is 5.92 Å². The molecule has 2 nitrogen and oxygen atoms in total. The predicted octanol–water partition coefficient (Wildman–Crippen LogP) is 3.59. The van der Waals surface area contributed by atoms with Gasteiger partial charge in [-0.1, -0.05) is 12.8 Å². The summed E-state index contributed by atoms with van der Waals surface area (Å²) in [5, 5.41) is 3.08. The highest BCUT2D eigenvalue weighted by molar-refractivity contribution is 9.10. The van der Waals surface area contributed by atoms with Crippen LogP contribution in [0.15, 0.2) is 16.7 Å². The van der Waals surface area contributed by atoms with Crippen molar-refractivity contribution < 1.29 is 4.39 Å². The van der Waals surface area contributed by atoms with Crippen LogP contribution in [0.3, 0.4) is 0 Å². The van der Waals surface area contributed by atoms with Crippen LogP contribution in [-0.2, 0) is 0 Å². The van der Waals surface area contributed by atoms with E-state index in [4.69, 9.17) is 0 Å². The molecule has 0 radical (unpaired) electrons. The first-order valence-electron chi connectivity index (χ1n) is 5.30. The molecule has 15 heavy (non-hydrogen) atoms. The van der Waals surface area contributed by atoms with E-state index in [1.165, 1.54) is 31.7 Å². The van der Waals surface area contributed by atoms with Crippen LogP contribution in [0.25, 0.3) is 0 Å². The van der Waals surface area contributed by atoms with Gasteiger partial charge in [0.15, 0.2) is 11.6 Å². The van der Waals surface area contributed by atoms with Gasteiger partial charge >= 0.3 is 0 Å². The van der Waals surface area contributed by atoms with Gasteiger partial charge in [0.2, 0.25) is 0 Å². The van der Waals surface area contributed by atoms with Crippen molar-refractivity contribution >= 4 is 21.7 Å². The minimum atomic E-state index is -0.289. The molecule has 2 rings (SSSR count). The molecular weight excluding hydrogens is 259 g/mol. The Morgan fingerprint density at radius 1 is 1.47 bits per heavy atom. The third-order valence-electron chi connectivity index (χ3n) is 2.84. The summed E-state index contributed by atoms with van der Waals surface area (Å²) < 4.78 is 14.0. The summed E-state index contributed by atoms with van der Waals surface area (Å²) in [7, 11) is 0. The molecule has 1 fully saturated rings. The van der Waals surface area contributed by atoms with E-state index in [1.807, 2.05) is 0 Å². The fraction of sp³-hybridized carbons (Fsp3) is 0.545. The minimum Gasteiger partial charge on any atom is -0.367 e. The predicted molar refractivity (Wildman–Crippen MR) is 62.3 cm³/mol. The number of rotatable bonds is 3. The second-order valence-corrected chi connectivity index (χ2v) is 4.93. The SMILES string of the molecule is Fc1cc(Br)cnc1NCC1CCCC1. The van der Waals surface area contributed by atoms with Crippen LogP contribution >= 0.6 is 15.9 Å². The largest absolute Gasteiger partial charge is 0.367 e. The fourth-order valence-electron chi connectivity index (χ4n) is 2.00. The molecule has 0 aromatic carbocycles. The van der Waals surface area contributed by atoms with Gasteiger partial charge < -0.3 is 5.32 Å². The monoisotopic (exact) mass is 272 g/mol. The Balaban J connectivity index is 1.92. The lowest BCUT2D eigenvalue weighted by Crippen LogP contribution is -2.12. The molecular formula is C11H14BrFN2. The third kappa shape index (κ3) is 2.91. The van der Waals surface area contributed by atoms with E-state index in [9.17, 15) is 4.39 Å². The van der Waals surface area contributed by atoms with E-state index in [0.29, 0.717) is 16.2 Å². The average molecular weight is 273 g/mol. The minimum absolute atomic E-state index is 0.289. The Morgan fingerprint density at radius 2 is 2.20 bits per heavy atom. The number of halogens is 2. The molecule has 0 saturated heterocycles. The van der Waals surface area contributed by atoms with E-state index in [2.05, 4.69) is 26.2 Å². The van der Waals surface area contributed by atoms with Gasteiger partial charge in [-0.3, -0.25) is 0 Å². The molecule has 0 unspecified atom stereocenters. The summed E-state index contributed by atoms with van der Waals surface area (Å²) in [5.74, 6) is 0.766. The highest BCUT2D eigenvalue weighted by atomic mass is 79.9. The Labute approximate surface area is 97.4 Å². The van der Waals surface area contributed by atoms with Gasteiger partial charge in [-0.2, -0.15) is 0 Å². The summed E-state index contributed by atoms with van der Waals surface area (Å²) in [6, 6.07) is 1.43. The Morgan fingerprint density at radius 3 is 2.87 bits per heavy atom. The number of hydrogen-bond acceptors (Lipinski definition) is 2. The molecule has 1 aromatic rings. The average Bonchev–Trinajstić information content (AvgIpc) is 2.69. The summed E-state index contributed by atoms with van der Waals surface area (Å²) in [6.45, 7) is 0.839. The van der Waals surface area contributed by atoms with Crippen molar-refractivity contribution in [1.29, 1.82) is 0 Å². The first-order chi connectivity index (χ1) is 7.25. The van der Waals surface area contributed by atoms with Crippen LogP contribution in [0, 0.1) is 11.7 Å². The maximum absolute atomic E-state index is 13.4. The highest BCUT2D eigenvalue weighted by Gasteiger charge is 2.15. The lowest BCUT2D eigenvalue weighted by Gasteiger charge is -2.11. The molecule has 1 aliphatic rings. The van der Waals surface area contributed by atoms with Crippen molar-refractivity contribution in [1.82, 2.24) is 4.98 Å². The van der Waals surface area contributed by atoms with Crippen molar-refractivity contribution in [2.75, 3.05) is 11.9 Å². The van der Waals surface area contributed by atoms with Crippen LogP contribution < -0.4 is 5.32 Å². The van der Waals surface area contributed by atoms with E-state index in [1.54, 1.807) is 6.20 Å². The van der Waals surface area contributed by atoms with Crippen LogP contribution in [0.1, 0.15) is 25.7 Å². The molecule has 0 atom stereocenters. The zero-order chi connectivity index (χ0) is 10.7. The van der Waals surface area contributed by atoms with Crippen molar-refractivity contribution in [3.05, 3.63) is 22.6 Å². The summed E-state index contributed by atoms with van der Waals surface area (Å²) in [6.07, 6.45) is 6.74. The number of pyridine rings is 1. The lowest BCUT2D eigenvalue weighted by atomic mass is 10.1. The number of hydrogen-bond donors (Lipinski definition) is 1. The maximum Gasteiger partial charge on any atom is 0.166 e. The van der Waals surface area contributed by atoms with Crippen molar-refractivity contribution in [2.45, 2.75) is 25.7 Å². The van der Waals surface area contributed by atoms with E-state index < -0.39 is 0 Å². The van der Waals surface area contributed by atoms with Crippen molar-refractivity contribution in [3.8, 4) is 0 Å². The lowest BCUT2D eigenvalue weighted by molar-refractivity contribution is 0.571. The quantitative estimate of drug-likeness (QED) is 0.910. The number of nitrogens with zero attached hydrogens (tertiary/aromatic N) is 1. The fourth-order valence-corrected chi connectivity index (χ4v) is 2.30. The second-order valence-electron chi connectivity index (χ2n) is 4.02. The molecule has 1 aliphatic carbocycles. The standard InChI is InChI=1S/C11H14BrFN2/c12-9-5-10(13)11(15-7-9)14-6-8-3-1-2-4-8/h5,7-8H,1-4,6H2,(H,14,15). The Hall–Kier alpha value is -0.640. The topological polar surface area (TPSA) is 24.9 Å². The van der Waals surface area contributed by atoms with Gasteiger partial charge in [0.1, 0.15) is 0 Å². The maximum atomic E-state index is 13.4. The zero-order valence-corrected chi connectivity index (χ0v) is 10.1. The summed E-state index contributed by atoms with van der Waals surface area (Å²) >= 11 is 3.18. The third-order valence-corrected chi connectivity index (χ3v) is 3.27. The second kappa shape index (κ2) is 4.92. The first-order valence-corrected chi connectivity index (χ1v) is 6.10. The zero-order valence-electron chi connectivity index (χ0n) is 8.47. The molecule has 1 N–H and O–H groups in total. The highest BCUT2D eigenvalue weighted by Crippen LogP contribution is 2.25. The molecule has 1 heterocycles. The molecule has 0 amide bonds. The Kier molecular flexibility index (Phi) is 3.57. The first kappa shape index (κ1) is 10.9. The molecule has 0 aliphatic heterocycles. The molecule has 0 spiro atoms. The van der Waals surface area contributed by atoms with Gasteiger partial charge in [0.25, 0.3) is 0 Å². The van der Waals surface area contributed by atoms with Crippen LogP contribution in [0.4, 0.5) is 10.2 Å². The summed E-state index contributed by atoms with van der Waals surface area (Å²) in [4.78, 5) is 4.01. The normalized spacial score (nSPS) is 16.9. The van der Waals surface area contributed by atoms with Gasteiger partial charge in [-0.05, 0) is 40.8 Å². The number of nitrogens with one attached hydrogen (secondary N) is 1. The van der Waals surface area contributed by atoms with Crippen LogP contribution in [-0.4, -0.2) is 11.5 Å². The molecule has 82 valence electrons. The van der Waals surface area contributed by atoms with E-state index in [-0.39, 0.29) is 5.82 Å². The van der Waals surface area contributed by atoms with E-state index >= 15 is 0 Å². The van der Waals surface area contributed by atoms with Crippen molar-refractivity contribution in [3.63, 3.8) is 0 Å². The van der Waals surface area contributed by atoms with Crippen LogP contribution in [0.2, 0.25) is 0 Å². The van der Waals surface area contributed by atoms with Crippen LogP contribution in [0.5, 0.6) is 0 Å². The van der Waals surface area contributed by atoms with E-state index in [0.717, 1.165) is 6.54 Å². The number of anilines is 1. The van der Waals surface area contributed by atoms with Gasteiger partial charge in [0, 0.05) is 17.2 Å². The molecule has 4 heteroatoms. The smallest absolute Gasteiger partial charge is 0.166 e. The molecule has 0 bridgehead atoms. The molecule has 1 aromatic heterocycles.